The number of rotatable bonds is 67. The topological polar surface area (TPSA) is 78.9 Å². The lowest BCUT2D eigenvalue weighted by molar-refractivity contribution is -0.167. The molecular formula is C73H138O6. The second kappa shape index (κ2) is 68.4. The first-order valence-corrected chi connectivity index (χ1v) is 35.8. The van der Waals surface area contributed by atoms with Crippen molar-refractivity contribution in [2.45, 2.75) is 412 Å². The van der Waals surface area contributed by atoms with E-state index in [1.54, 1.807) is 0 Å². The molecular weight excluding hydrogens is 973 g/mol. The summed E-state index contributed by atoms with van der Waals surface area (Å²) in [5.74, 6) is -0.865. The van der Waals surface area contributed by atoms with Crippen LogP contribution in [0, 0.1) is 0 Å². The smallest absolute Gasteiger partial charge is 0.306 e. The van der Waals surface area contributed by atoms with Gasteiger partial charge in [0.1, 0.15) is 13.2 Å². The summed E-state index contributed by atoms with van der Waals surface area (Å²) >= 11 is 0. The average molecular weight is 1110 g/mol. The maximum atomic E-state index is 12.9. The van der Waals surface area contributed by atoms with Gasteiger partial charge in [-0.25, -0.2) is 0 Å². The highest BCUT2D eigenvalue weighted by atomic mass is 16.6. The number of ether oxygens (including phenoxy) is 3. The number of hydrogen-bond donors (Lipinski definition) is 0. The molecule has 0 aliphatic carbocycles. The van der Waals surface area contributed by atoms with E-state index in [1.807, 2.05) is 0 Å². The van der Waals surface area contributed by atoms with Crippen LogP contribution in [0.2, 0.25) is 0 Å². The van der Waals surface area contributed by atoms with Gasteiger partial charge in [-0.1, -0.05) is 340 Å². The molecule has 6 nitrogen and oxygen atoms in total. The lowest BCUT2D eigenvalue weighted by atomic mass is 10.0. The molecule has 0 saturated carbocycles. The fourth-order valence-electron chi connectivity index (χ4n) is 11.0. The van der Waals surface area contributed by atoms with Crippen LogP contribution in [-0.4, -0.2) is 37.2 Å². The fraction of sp³-hybridized carbons (Fsp3) is 0.904. The van der Waals surface area contributed by atoms with Crippen LogP contribution in [0.15, 0.2) is 24.3 Å². The van der Waals surface area contributed by atoms with Crippen molar-refractivity contribution in [3.05, 3.63) is 24.3 Å². The van der Waals surface area contributed by atoms with Crippen molar-refractivity contribution in [2.24, 2.45) is 0 Å². The molecule has 0 rings (SSSR count). The molecule has 0 aromatic heterocycles. The van der Waals surface area contributed by atoms with Crippen molar-refractivity contribution < 1.29 is 28.6 Å². The van der Waals surface area contributed by atoms with Crippen molar-refractivity contribution in [3.8, 4) is 0 Å². The molecule has 6 heteroatoms. The quantitative estimate of drug-likeness (QED) is 0.0261. The zero-order chi connectivity index (χ0) is 57.1. The molecule has 0 bridgehead atoms. The number of unbranched alkanes of at least 4 members (excludes halogenated alkanes) is 52. The van der Waals surface area contributed by atoms with Gasteiger partial charge in [-0.3, -0.25) is 14.4 Å². The van der Waals surface area contributed by atoms with E-state index in [4.69, 9.17) is 14.2 Å². The van der Waals surface area contributed by atoms with Gasteiger partial charge in [-0.2, -0.15) is 0 Å². The van der Waals surface area contributed by atoms with Gasteiger partial charge >= 0.3 is 17.9 Å². The third-order valence-corrected chi connectivity index (χ3v) is 16.4. The number of hydrogen-bond acceptors (Lipinski definition) is 6. The van der Waals surface area contributed by atoms with Crippen molar-refractivity contribution >= 4 is 17.9 Å². The Hall–Kier alpha value is -2.11. The maximum absolute atomic E-state index is 12.9. The lowest BCUT2D eigenvalue weighted by Gasteiger charge is -2.18. The van der Waals surface area contributed by atoms with Gasteiger partial charge in [0.05, 0.1) is 0 Å². The molecule has 0 aromatic rings. The summed E-state index contributed by atoms with van der Waals surface area (Å²) in [7, 11) is 0. The van der Waals surface area contributed by atoms with E-state index in [-0.39, 0.29) is 31.1 Å². The van der Waals surface area contributed by atoms with Crippen LogP contribution in [-0.2, 0) is 28.6 Å². The Bertz CT molecular complexity index is 1270. The Labute approximate surface area is 493 Å². The van der Waals surface area contributed by atoms with Gasteiger partial charge in [0.15, 0.2) is 6.10 Å². The molecule has 1 atom stereocenters. The van der Waals surface area contributed by atoms with E-state index in [2.05, 4.69) is 45.1 Å². The zero-order valence-corrected chi connectivity index (χ0v) is 53.7. The van der Waals surface area contributed by atoms with Gasteiger partial charge in [-0.15, -0.1) is 0 Å². The summed E-state index contributed by atoms with van der Waals surface area (Å²) < 4.78 is 16.9. The van der Waals surface area contributed by atoms with Gasteiger partial charge < -0.3 is 14.2 Å². The van der Waals surface area contributed by atoms with Crippen LogP contribution < -0.4 is 0 Å². The summed E-state index contributed by atoms with van der Waals surface area (Å²) in [6.07, 6.45) is 83.8. The number of carbonyl (C=O) groups excluding carboxylic acids is 3. The highest BCUT2D eigenvalue weighted by molar-refractivity contribution is 5.71. The van der Waals surface area contributed by atoms with E-state index in [0.29, 0.717) is 19.3 Å². The summed E-state index contributed by atoms with van der Waals surface area (Å²) in [6.45, 7) is 6.67. The standard InChI is InChI=1S/C73H138O6/c1-4-7-10-13-16-19-22-25-27-28-29-30-31-32-33-34-35-36-37-38-39-40-41-42-43-44-45-46-49-51-54-57-60-63-66-72(75)78-69-70(68-77-71(74)65-62-59-56-53-50-47-24-21-18-15-12-9-6-3)79-73(76)67-64-61-58-55-52-48-26-23-20-17-14-11-8-5-2/h21,23-24,26,70H,4-20,22,25,27-69H2,1-3H3/b24-21-,26-23-. The van der Waals surface area contributed by atoms with E-state index in [0.717, 1.165) is 70.6 Å². The van der Waals surface area contributed by atoms with Gasteiger partial charge in [-0.05, 0) is 70.6 Å². The summed E-state index contributed by atoms with van der Waals surface area (Å²) in [6, 6.07) is 0. The Morgan fingerprint density at radius 2 is 0.418 bits per heavy atom. The lowest BCUT2D eigenvalue weighted by Crippen LogP contribution is -2.30. The Kier molecular flexibility index (Phi) is 66.6. The van der Waals surface area contributed by atoms with Gasteiger partial charge in [0.25, 0.3) is 0 Å². The summed E-state index contributed by atoms with van der Waals surface area (Å²) in [5.41, 5.74) is 0. The first kappa shape index (κ1) is 76.9. The molecule has 0 amide bonds. The number of esters is 3. The first-order valence-electron chi connectivity index (χ1n) is 35.8. The minimum absolute atomic E-state index is 0.0725. The van der Waals surface area contributed by atoms with E-state index < -0.39 is 6.10 Å². The van der Waals surface area contributed by atoms with E-state index in [1.165, 1.54) is 295 Å². The Morgan fingerprint density at radius 3 is 0.646 bits per heavy atom. The normalized spacial score (nSPS) is 12.1. The van der Waals surface area contributed by atoms with Crippen molar-refractivity contribution in [1.29, 1.82) is 0 Å². The fourth-order valence-corrected chi connectivity index (χ4v) is 11.0. The Balaban J connectivity index is 4.03. The van der Waals surface area contributed by atoms with Gasteiger partial charge in [0.2, 0.25) is 0 Å². The number of allylic oxidation sites excluding steroid dienone is 4. The molecule has 79 heavy (non-hydrogen) atoms. The second-order valence-corrected chi connectivity index (χ2v) is 24.5. The summed E-state index contributed by atoms with van der Waals surface area (Å²) in [4.78, 5) is 38.3. The maximum Gasteiger partial charge on any atom is 0.306 e. The van der Waals surface area contributed by atoms with E-state index >= 15 is 0 Å². The molecule has 1 unspecified atom stereocenters. The summed E-state index contributed by atoms with van der Waals surface area (Å²) in [5, 5.41) is 0. The van der Waals surface area contributed by atoms with Crippen LogP contribution in [0.4, 0.5) is 0 Å². The van der Waals surface area contributed by atoms with Crippen LogP contribution >= 0.6 is 0 Å². The minimum Gasteiger partial charge on any atom is -0.462 e. The predicted molar refractivity (Wildman–Crippen MR) is 344 cm³/mol. The van der Waals surface area contributed by atoms with Crippen molar-refractivity contribution in [3.63, 3.8) is 0 Å². The highest BCUT2D eigenvalue weighted by Crippen LogP contribution is 2.19. The SMILES string of the molecule is CCCCCC/C=C\CCCCCCCC(=O)OCC(COC(=O)CCCCCCCCCCCCCCCCCCCCCCCCCCCCCCCCCCCC)OC(=O)CCCCCCC/C=C\CCCCCCC. The third-order valence-electron chi connectivity index (χ3n) is 16.4. The van der Waals surface area contributed by atoms with Crippen LogP contribution in [0.3, 0.4) is 0 Å². The monoisotopic (exact) mass is 1110 g/mol. The molecule has 466 valence electrons. The molecule has 0 spiro atoms. The molecule has 0 aliphatic rings. The van der Waals surface area contributed by atoms with E-state index in [9.17, 15) is 14.4 Å². The largest absolute Gasteiger partial charge is 0.462 e. The highest BCUT2D eigenvalue weighted by Gasteiger charge is 2.19. The molecule has 0 radical (unpaired) electrons. The molecule has 0 fully saturated rings. The van der Waals surface area contributed by atoms with Crippen molar-refractivity contribution in [1.82, 2.24) is 0 Å². The average Bonchev–Trinajstić information content (AvgIpc) is 3.45. The van der Waals surface area contributed by atoms with Crippen LogP contribution in [0.25, 0.3) is 0 Å². The zero-order valence-electron chi connectivity index (χ0n) is 53.7. The Morgan fingerprint density at radius 1 is 0.241 bits per heavy atom. The third kappa shape index (κ3) is 66.6. The second-order valence-electron chi connectivity index (χ2n) is 24.5. The molecule has 0 heterocycles. The van der Waals surface area contributed by atoms with Gasteiger partial charge in [0, 0.05) is 19.3 Å². The van der Waals surface area contributed by atoms with Crippen LogP contribution in [0.5, 0.6) is 0 Å². The molecule has 0 aromatic carbocycles. The minimum atomic E-state index is -0.776. The number of carbonyl (C=O) groups is 3. The van der Waals surface area contributed by atoms with Crippen molar-refractivity contribution in [2.75, 3.05) is 13.2 Å². The first-order chi connectivity index (χ1) is 39.0. The predicted octanol–water partition coefficient (Wildman–Crippen LogP) is 24.6. The molecule has 0 aliphatic heterocycles. The van der Waals surface area contributed by atoms with Crippen LogP contribution in [0.1, 0.15) is 406 Å². The molecule has 0 saturated heterocycles. The molecule has 0 N–H and O–H groups in total.